The quantitative estimate of drug-likeness (QED) is 0.754. The van der Waals surface area contributed by atoms with Gasteiger partial charge in [-0.25, -0.2) is 4.79 Å². The molecule has 3 amide bonds. The van der Waals surface area contributed by atoms with Crippen molar-refractivity contribution in [2.75, 3.05) is 13.7 Å². The molecule has 1 aliphatic heterocycles. The highest BCUT2D eigenvalue weighted by molar-refractivity contribution is 6.30. The molecule has 1 fully saturated rings. The number of allylic oxidation sites excluding steroid dienone is 2. The SMILES string of the molecule is CN1C(=O)N(C2C=C(C(F)(F)F)C(C#N)=CC2)C(=O)C1(CO)c1ccc(Cl)cc1. The fraction of sp³-hybridized carbons (Fsp3) is 0.316. The van der Waals surface area contributed by atoms with Crippen LogP contribution in [0.5, 0.6) is 0 Å². The summed E-state index contributed by atoms with van der Waals surface area (Å²) >= 11 is 5.86. The Morgan fingerprint density at radius 1 is 1.31 bits per heavy atom. The van der Waals surface area contributed by atoms with Crippen molar-refractivity contribution in [2.45, 2.75) is 24.2 Å². The van der Waals surface area contributed by atoms with Crippen molar-refractivity contribution in [1.82, 2.24) is 9.80 Å². The maximum atomic E-state index is 13.3. The lowest BCUT2D eigenvalue weighted by Crippen LogP contribution is -2.48. The molecular formula is C19H15ClF3N3O3. The van der Waals surface area contributed by atoms with Crippen LogP contribution in [0.2, 0.25) is 5.02 Å². The molecule has 1 aromatic rings. The second kappa shape index (κ2) is 7.21. The number of halogens is 4. The molecule has 0 aromatic heterocycles. The number of carbonyl (C=O) groups is 2. The molecule has 0 radical (unpaired) electrons. The lowest BCUT2D eigenvalue weighted by atomic mass is 9.88. The Morgan fingerprint density at radius 3 is 2.45 bits per heavy atom. The second-order valence-corrected chi connectivity index (χ2v) is 7.09. The predicted octanol–water partition coefficient (Wildman–Crippen LogP) is 3.13. The maximum Gasteiger partial charge on any atom is 0.417 e. The molecule has 0 spiro atoms. The van der Waals surface area contributed by atoms with E-state index in [1.807, 2.05) is 0 Å². The summed E-state index contributed by atoms with van der Waals surface area (Å²) in [6.45, 7) is -0.770. The average molecular weight is 426 g/mol. The van der Waals surface area contributed by atoms with Crippen LogP contribution in [0.4, 0.5) is 18.0 Å². The molecule has 152 valence electrons. The van der Waals surface area contributed by atoms with E-state index < -0.39 is 47.4 Å². The summed E-state index contributed by atoms with van der Waals surface area (Å²) in [6.07, 6.45) is -3.20. The molecule has 1 N–H and O–H groups in total. The monoisotopic (exact) mass is 425 g/mol. The van der Waals surface area contributed by atoms with Gasteiger partial charge in [-0.2, -0.15) is 18.4 Å². The summed E-state index contributed by atoms with van der Waals surface area (Å²) < 4.78 is 40.0. The third-order valence-electron chi connectivity index (χ3n) is 5.16. The summed E-state index contributed by atoms with van der Waals surface area (Å²) in [4.78, 5) is 27.8. The Hall–Kier alpha value is -2.83. The number of benzene rings is 1. The molecule has 0 bridgehead atoms. The summed E-state index contributed by atoms with van der Waals surface area (Å²) in [6, 6.07) is 5.28. The number of carbonyl (C=O) groups excluding carboxylic acids is 2. The fourth-order valence-electron chi connectivity index (χ4n) is 3.59. The topological polar surface area (TPSA) is 84.6 Å². The number of aliphatic hydroxyl groups excluding tert-OH is 1. The number of alkyl halides is 3. The Morgan fingerprint density at radius 2 is 1.93 bits per heavy atom. The van der Waals surface area contributed by atoms with Crippen LogP contribution >= 0.6 is 11.6 Å². The van der Waals surface area contributed by atoms with Crippen LogP contribution < -0.4 is 0 Å². The summed E-state index contributed by atoms with van der Waals surface area (Å²) in [5.74, 6) is -0.855. The van der Waals surface area contributed by atoms with Crippen molar-refractivity contribution < 1.29 is 27.9 Å². The molecule has 10 heteroatoms. The first-order valence-corrected chi connectivity index (χ1v) is 8.83. The van der Waals surface area contributed by atoms with Crippen molar-refractivity contribution >= 4 is 23.5 Å². The van der Waals surface area contributed by atoms with Crippen molar-refractivity contribution in [3.8, 4) is 6.07 Å². The van der Waals surface area contributed by atoms with Gasteiger partial charge in [-0.05, 0) is 30.2 Å². The molecular weight excluding hydrogens is 411 g/mol. The van der Waals surface area contributed by atoms with Crippen LogP contribution in [0.15, 0.2) is 47.6 Å². The van der Waals surface area contributed by atoms with Gasteiger partial charge in [0.05, 0.1) is 29.9 Å². The number of aliphatic hydroxyl groups is 1. The molecule has 1 saturated heterocycles. The predicted molar refractivity (Wildman–Crippen MR) is 96.5 cm³/mol. The molecule has 1 aromatic carbocycles. The minimum absolute atomic E-state index is 0.143. The van der Waals surface area contributed by atoms with Crippen molar-refractivity contribution in [3.05, 3.63) is 58.1 Å². The fourth-order valence-corrected chi connectivity index (χ4v) is 3.71. The van der Waals surface area contributed by atoms with Gasteiger partial charge in [0.25, 0.3) is 5.91 Å². The first kappa shape index (κ1) is 20.9. The van der Waals surface area contributed by atoms with Crippen LogP contribution in [-0.2, 0) is 10.3 Å². The standard InChI is InChI=1S/C19H15ClF3N3O3/c1-25-17(29)26(14-7-2-11(9-24)15(8-14)19(21,22)23)16(28)18(25,10-27)12-3-5-13(20)6-4-12/h2-6,8,14,27H,7,10H2,1H3. The zero-order valence-corrected chi connectivity index (χ0v) is 15.8. The Balaban J connectivity index is 2.06. The number of hydrogen-bond donors (Lipinski definition) is 1. The third kappa shape index (κ3) is 3.18. The third-order valence-corrected chi connectivity index (χ3v) is 5.41. The first-order valence-electron chi connectivity index (χ1n) is 8.46. The van der Waals surface area contributed by atoms with E-state index in [4.69, 9.17) is 16.9 Å². The number of urea groups is 1. The molecule has 1 aliphatic carbocycles. The van der Waals surface area contributed by atoms with Crippen LogP contribution in [0, 0.1) is 11.3 Å². The number of imide groups is 1. The first-order chi connectivity index (χ1) is 13.6. The van der Waals surface area contributed by atoms with E-state index in [-0.39, 0.29) is 12.0 Å². The van der Waals surface area contributed by atoms with Gasteiger partial charge in [0.1, 0.15) is 0 Å². The molecule has 0 saturated carbocycles. The van der Waals surface area contributed by atoms with Crippen molar-refractivity contribution in [1.29, 1.82) is 5.26 Å². The van der Waals surface area contributed by atoms with Gasteiger partial charge in [0.2, 0.25) is 0 Å². The number of likely N-dealkylation sites (N-methyl/N-ethyl adjacent to an activating group) is 1. The van der Waals surface area contributed by atoms with E-state index in [1.165, 1.54) is 37.4 Å². The molecule has 2 atom stereocenters. The highest BCUT2D eigenvalue weighted by atomic mass is 35.5. The van der Waals surface area contributed by atoms with E-state index in [0.29, 0.717) is 16.0 Å². The lowest BCUT2D eigenvalue weighted by molar-refractivity contribution is -0.136. The van der Waals surface area contributed by atoms with E-state index in [1.54, 1.807) is 0 Å². The molecule has 2 unspecified atom stereocenters. The molecule has 29 heavy (non-hydrogen) atoms. The van der Waals surface area contributed by atoms with Crippen LogP contribution in [-0.4, -0.2) is 52.7 Å². The van der Waals surface area contributed by atoms with Gasteiger partial charge in [-0.3, -0.25) is 9.69 Å². The molecule has 3 rings (SSSR count). The van der Waals surface area contributed by atoms with Gasteiger partial charge < -0.3 is 10.0 Å². The van der Waals surface area contributed by atoms with E-state index in [0.717, 1.165) is 11.0 Å². The van der Waals surface area contributed by atoms with Crippen molar-refractivity contribution in [2.24, 2.45) is 0 Å². The summed E-state index contributed by atoms with van der Waals surface area (Å²) in [7, 11) is 1.29. The highest BCUT2D eigenvalue weighted by Crippen LogP contribution is 2.41. The number of amides is 3. The van der Waals surface area contributed by atoms with E-state index in [9.17, 15) is 27.9 Å². The molecule has 1 heterocycles. The van der Waals surface area contributed by atoms with Gasteiger partial charge in [-0.1, -0.05) is 29.8 Å². The Kier molecular flexibility index (Phi) is 5.19. The van der Waals surface area contributed by atoms with Gasteiger partial charge in [0.15, 0.2) is 5.54 Å². The second-order valence-electron chi connectivity index (χ2n) is 6.65. The van der Waals surface area contributed by atoms with Gasteiger partial charge >= 0.3 is 12.2 Å². The minimum Gasteiger partial charge on any atom is -0.393 e. The van der Waals surface area contributed by atoms with Gasteiger partial charge in [-0.15, -0.1) is 0 Å². The summed E-state index contributed by atoms with van der Waals surface area (Å²) in [5.41, 5.74) is -3.27. The number of hydrogen-bond acceptors (Lipinski definition) is 4. The Labute approximate surface area is 169 Å². The number of nitrogens with zero attached hydrogens (tertiary/aromatic N) is 3. The maximum absolute atomic E-state index is 13.3. The van der Waals surface area contributed by atoms with E-state index in [2.05, 4.69) is 0 Å². The summed E-state index contributed by atoms with van der Waals surface area (Å²) in [5, 5.41) is 19.4. The average Bonchev–Trinajstić information content (AvgIpc) is 2.88. The lowest BCUT2D eigenvalue weighted by Gasteiger charge is -2.31. The normalized spacial score (nSPS) is 25.1. The van der Waals surface area contributed by atoms with E-state index >= 15 is 0 Å². The number of rotatable bonds is 3. The highest BCUT2D eigenvalue weighted by Gasteiger charge is 2.58. The van der Waals surface area contributed by atoms with Crippen LogP contribution in [0.25, 0.3) is 0 Å². The van der Waals surface area contributed by atoms with Crippen LogP contribution in [0.3, 0.4) is 0 Å². The largest absolute Gasteiger partial charge is 0.417 e. The van der Waals surface area contributed by atoms with Crippen LogP contribution in [0.1, 0.15) is 12.0 Å². The Bertz CT molecular complexity index is 966. The molecule has 2 aliphatic rings. The number of nitriles is 1. The van der Waals surface area contributed by atoms with Gasteiger partial charge in [0, 0.05) is 12.1 Å². The zero-order valence-electron chi connectivity index (χ0n) is 15.1. The zero-order chi connectivity index (χ0) is 21.6. The molecule has 6 nitrogen and oxygen atoms in total. The minimum atomic E-state index is -4.82. The van der Waals surface area contributed by atoms with Crippen molar-refractivity contribution in [3.63, 3.8) is 0 Å². The smallest absolute Gasteiger partial charge is 0.393 e.